The molecule has 0 amide bonds. The lowest BCUT2D eigenvalue weighted by molar-refractivity contribution is 0.236. The molecule has 2 heterocycles. The summed E-state index contributed by atoms with van der Waals surface area (Å²) in [6.07, 6.45) is 1.86. The highest BCUT2D eigenvalue weighted by Gasteiger charge is 2.20. The Labute approximate surface area is 152 Å². The first kappa shape index (κ1) is 19.5. The molecule has 0 aliphatic carbocycles. The van der Waals surface area contributed by atoms with Crippen LogP contribution >= 0.6 is 0 Å². The van der Waals surface area contributed by atoms with Crippen molar-refractivity contribution in [1.82, 2.24) is 20.1 Å². The van der Waals surface area contributed by atoms with Gasteiger partial charge in [0.2, 0.25) is 0 Å². The van der Waals surface area contributed by atoms with Crippen molar-refractivity contribution >= 4 is 11.8 Å². The van der Waals surface area contributed by atoms with Gasteiger partial charge in [-0.1, -0.05) is 19.9 Å². The number of rotatable bonds is 7. The summed E-state index contributed by atoms with van der Waals surface area (Å²) in [5, 5.41) is 3.46. The van der Waals surface area contributed by atoms with Crippen molar-refractivity contribution in [3.63, 3.8) is 0 Å². The third-order valence-electron chi connectivity index (χ3n) is 4.83. The Kier molecular flexibility index (Phi) is 7.98. The van der Waals surface area contributed by atoms with E-state index in [1.165, 1.54) is 0 Å². The zero-order chi connectivity index (χ0) is 18.1. The maximum absolute atomic E-state index is 4.91. The van der Waals surface area contributed by atoms with Crippen LogP contribution in [-0.2, 0) is 0 Å². The van der Waals surface area contributed by atoms with Crippen LogP contribution in [0.2, 0.25) is 0 Å². The molecule has 0 bridgehead atoms. The highest BCUT2D eigenvalue weighted by Crippen LogP contribution is 2.12. The number of aromatic nitrogens is 1. The first-order chi connectivity index (χ1) is 12.2. The van der Waals surface area contributed by atoms with Gasteiger partial charge in [-0.15, -0.1) is 0 Å². The summed E-state index contributed by atoms with van der Waals surface area (Å²) >= 11 is 0. The lowest BCUT2D eigenvalue weighted by Gasteiger charge is -2.37. The molecular weight excluding hydrogens is 312 g/mol. The minimum atomic E-state index is 0.471. The van der Waals surface area contributed by atoms with Gasteiger partial charge >= 0.3 is 0 Å². The van der Waals surface area contributed by atoms with E-state index in [9.17, 15) is 0 Å². The van der Waals surface area contributed by atoms with Crippen LogP contribution in [0.25, 0.3) is 0 Å². The number of hydrogen-bond acceptors (Lipinski definition) is 4. The number of hydrogen-bond donors (Lipinski definition) is 1. The number of nitrogens with one attached hydrogen (secondary N) is 1. The third-order valence-corrected chi connectivity index (χ3v) is 4.83. The molecule has 1 N–H and O–H groups in total. The first-order valence-corrected chi connectivity index (χ1v) is 9.62. The molecule has 6 heteroatoms. The maximum Gasteiger partial charge on any atom is 0.194 e. The molecule has 1 fully saturated rings. The highest BCUT2D eigenvalue weighted by atomic mass is 15.4. The van der Waals surface area contributed by atoms with Crippen molar-refractivity contribution in [2.24, 2.45) is 4.99 Å². The molecule has 25 heavy (non-hydrogen) atoms. The van der Waals surface area contributed by atoms with Crippen molar-refractivity contribution in [3.05, 3.63) is 24.4 Å². The van der Waals surface area contributed by atoms with Gasteiger partial charge in [-0.05, 0) is 39.1 Å². The number of likely N-dealkylation sites (N-methyl/N-ethyl adjacent to an activating group) is 1. The summed E-state index contributed by atoms with van der Waals surface area (Å²) in [5.41, 5.74) is 0. The average Bonchev–Trinajstić information content (AvgIpc) is 2.67. The summed E-state index contributed by atoms with van der Waals surface area (Å²) < 4.78 is 0. The van der Waals surface area contributed by atoms with Crippen LogP contribution in [0.4, 0.5) is 5.82 Å². The Morgan fingerprint density at radius 3 is 2.48 bits per heavy atom. The summed E-state index contributed by atoms with van der Waals surface area (Å²) in [7, 11) is 0. The molecule has 1 aliphatic heterocycles. The number of pyridine rings is 1. The van der Waals surface area contributed by atoms with Crippen LogP contribution in [0.15, 0.2) is 29.4 Å². The summed E-state index contributed by atoms with van der Waals surface area (Å²) in [6, 6.07) is 6.57. The van der Waals surface area contributed by atoms with E-state index in [1.54, 1.807) is 0 Å². The zero-order valence-electron chi connectivity index (χ0n) is 16.3. The molecule has 6 nitrogen and oxygen atoms in total. The second-order valence-corrected chi connectivity index (χ2v) is 6.43. The van der Waals surface area contributed by atoms with Gasteiger partial charge in [-0.3, -0.25) is 9.89 Å². The van der Waals surface area contributed by atoms with Gasteiger partial charge in [-0.25, -0.2) is 4.98 Å². The fourth-order valence-corrected chi connectivity index (χ4v) is 3.29. The standard InChI is InChI=1S/C19H34N6/c1-5-20-19(22-16-17(4)23(6-2)7-3)25-14-12-24(13-15-25)18-10-8-9-11-21-18/h8-11,17H,5-7,12-16H2,1-4H3,(H,20,22). The largest absolute Gasteiger partial charge is 0.357 e. The Balaban J connectivity index is 1.93. The van der Waals surface area contributed by atoms with Crippen LogP contribution < -0.4 is 10.2 Å². The monoisotopic (exact) mass is 346 g/mol. The van der Waals surface area contributed by atoms with Crippen LogP contribution in [0, 0.1) is 0 Å². The van der Waals surface area contributed by atoms with E-state index in [1.807, 2.05) is 12.3 Å². The molecular formula is C19H34N6. The van der Waals surface area contributed by atoms with E-state index >= 15 is 0 Å². The fraction of sp³-hybridized carbons (Fsp3) is 0.684. The molecule has 1 atom stereocenters. The normalized spacial score (nSPS) is 17.1. The minimum Gasteiger partial charge on any atom is -0.357 e. The number of piperazine rings is 1. The quantitative estimate of drug-likeness (QED) is 0.604. The maximum atomic E-state index is 4.91. The van der Waals surface area contributed by atoms with Crippen molar-refractivity contribution in [2.75, 3.05) is 57.3 Å². The van der Waals surface area contributed by atoms with Crippen molar-refractivity contribution in [1.29, 1.82) is 0 Å². The number of guanidine groups is 1. The molecule has 1 saturated heterocycles. The molecule has 1 aliphatic rings. The molecule has 0 saturated carbocycles. The molecule has 1 unspecified atom stereocenters. The topological polar surface area (TPSA) is 47.0 Å². The van der Waals surface area contributed by atoms with Crippen LogP contribution in [0.5, 0.6) is 0 Å². The molecule has 0 spiro atoms. The lowest BCUT2D eigenvalue weighted by Crippen LogP contribution is -2.53. The zero-order valence-corrected chi connectivity index (χ0v) is 16.3. The Morgan fingerprint density at radius 2 is 1.92 bits per heavy atom. The second-order valence-electron chi connectivity index (χ2n) is 6.43. The van der Waals surface area contributed by atoms with E-state index in [0.717, 1.165) is 64.1 Å². The van der Waals surface area contributed by atoms with E-state index in [4.69, 9.17) is 4.99 Å². The van der Waals surface area contributed by atoms with E-state index < -0.39 is 0 Å². The third kappa shape index (κ3) is 5.59. The van der Waals surface area contributed by atoms with Gasteiger partial charge in [0.15, 0.2) is 5.96 Å². The molecule has 1 aromatic rings. The summed E-state index contributed by atoms with van der Waals surface area (Å²) in [4.78, 5) is 16.5. The summed E-state index contributed by atoms with van der Waals surface area (Å²) in [6.45, 7) is 16.6. The average molecular weight is 347 g/mol. The Hall–Kier alpha value is -1.82. The molecule has 140 valence electrons. The molecule has 1 aromatic heterocycles. The van der Waals surface area contributed by atoms with Crippen molar-refractivity contribution < 1.29 is 0 Å². The SMILES string of the molecule is CCNC(=NCC(C)N(CC)CC)N1CCN(c2ccccn2)CC1. The number of nitrogens with zero attached hydrogens (tertiary/aromatic N) is 5. The summed E-state index contributed by atoms with van der Waals surface area (Å²) in [5.74, 6) is 2.11. The van der Waals surface area contributed by atoms with Gasteiger partial charge < -0.3 is 15.1 Å². The predicted molar refractivity (Wildman–Crippen MR) is 106 cm³/mol. The van der Waals surface area contributed by atoms with Gasteiger partial charge in [0.1, 0.15) is 5.82 Å². The van der Waals surface area contributed by atoms with Crippen LogP contribution in [0.1, 0.15) is 27.7 Å². The number of aliphatic imine (C=N–C) groups is 1. The van der Waals surface area contributed by atoms with E-state index in [-0.39, 0.29) is 0 Å². The van der Waals surface area contributed by atoms with Crippen molar-refractivity contribution in [3.8, 4) is 0 Å². The van der Waals surface area contributed by atoms with Crippen molar-refractivity contribution in [2.45, 2.75) is 33.7 Å². The minimum absolute atomic E-state index is 0.471. The molecule has 2 rings (SSSR count). The van der Waals surface area contributed by atoms with E-state index in [0.29, 0.717) is 6.04 Å². The van der Waals surface area contributed by atoms with E-state index in [2.05, 4.69) is 64.8 Å². The number of anilines is 1. The second kappa shape index (κ2) is 10.2. The smallest absolute Gasteiger partial charge is 0.194 e. The predicted octanol–water partition coefficient (Wildman–Crippen LogP) is 1.90. The van der Waals surface area contributed by atoms with Gasteiger partial charge in [0.05, 0.1) is 6.54 Å². The van der Waals surface area contributed by atoms with Gasteiger partial charge in [0, 0.05) is 45.0 Å². The first-order valence-electron chi connectivity index (χ1n) is 9.62. The molecule has 0 radical (unpaired) electrons. The fourth-order valence-electron chi connectivity index (χ4n) is 3.29. The van der Waals surface area contributed by atoms with Crippen LogP contribution in [0.3, 0.4) is 0 Å². The lowest BCUT2D eigenvalue weighted by atomic mass is 10.3. The van der Waals surface area contributed by atoms with Crippen LogP contribution in [-0.4, -0.2) is 79.1 Å². The van der Waals surface area contributed by atoms with Gasteiger partial charge in [-0.2, -0.15) is 0 Å². The highest BCUT2D eigenvalue weighted by molar-refractivity contribution is 5.80. The Bertz CT molecular complexity index is 506. The van der Waals surface area contributed by atoms with Gasteiger partial charge in [0.25, 0.3) is 0 Å². The Morgan fingerprint density at radius 1 is 1.20 bits per heavy atom. The molecule has 0 aromatic carbocycles.